The summed E-state index contributed by atoms with van der Waals surface area (Å²) in [5.74, 6) is 0.927. The smallest absolute Gasteiger partial charge is 0.321 e. The molecule has 0 bridgehead atoms. The van der Waals surface area contributed by atoms with Gasteiger partial charge in [0, 0.05) is 36.3 Å². The second-order valence-corrected chi connectivity index (χ2v) is 7.72. The van der Waals surface area contributed by atoms with E-state index in [2.05, 4.69) is 35.6 Å². The number of pyridine rings is 1. The molecule has 0 fully saturated rings. The van der Waals surface area contributed by atoms with Crippen LogP contribution in [0.2, 0.25) is 0 Å². The second-order valence-electron chi connectivity index (χ2n) is 7.72. The van der Waals surface area contributed by atoms with Gasteiger partial charge in [-0.05, 0) is 42.7 Å². The number of carbonyl (C=O) groups excluding carboxylic acids is 1. The van der Waals surface area contributed by atoms with E-state index >= 15 is 0 Å². The molecular weight excluding hydrogens is 406 g/mol. The largest absolute Gasteiger partial charge is 0.387 e. The summed E-state index contributed by atoms with van der Waals surface area (Å²) in [7, 11) is 0. The van der Waals surface area contributed by atoms with Crippen LogP contribution in [0, 0.1) is 5.92 Å². The zero-order valence-corrected chi connectivity index (χ0v) is 18.1. The van der Waals surface area contributed by atoms with E-state index in [1.54, 1.807) is 24.7 Å². The lowest BCUT2D eigenvalue weighted by molar-refractivity contribution is 0.122. The lowest BCUT2D eigenvalue weighted by Crippen LogP contribution is -2.28. The number of benzene rings is 1. The molecule has 0 spiro atoms. The third-order valence-electron chi connectivity index (χ3n) is 5.02. The molecule has 3 aromatic heterocycles. The molecule has 32 heavy (non-hydrogen) atoms. The standard InChI is InChI=1S/C23H25N7O2/c1-4-24-23(32)30-22-28-18-11-15(14-6-7-17(27-12-14)20(31)13(2)3)10-16(19(18)29-22)21-25-8-5-9-26-21/h5-13,20,31H,4H2,1-3H3,(H3,24,28,29,30,32). The molecule has 4 N–H and O–H groups in total. The van der Waals surface area contributed by atoms with E-state index in [4.69, 9.17) is 0 Å². The Morgan fingerprint density at radius 2 is 1.91 bits per heavy atom. The number of imidazole rings is 1. The van der Waals surface area contributed by atoms with Crippen molar-refractivity contribution in [3.8, 4) is 22.5 Å². The lowest BCUT2D eigenvalue weighted by atomic mass is 10.00. The van der Waals surface area contributed by atoms with Gasteiger partial charge in [-0.2, -0.15) is 0 Å². The van der Waals surface area contributed by atoms with Crippen molar-refractivity contribution in [1.29, 1.82) is 0 Å². The fourth-order valence-corrected chi connectivity index (χ4v) is 3.36. The minimum absolute atomic E-state index is 0.0763. The van der Waals surface area contributed by atoms with Crippen LogP contribution in [-0.2, 0) is 0 Å². The molecule has 9 heteroatoms. The van der Waals surface area contributed by atoms with Gasteiger partial charge >= 0.3 is 6.03 Å². The Bertz CT molecular complexity index is 1220. The first kappa shape index (κ1) is 21.4. The average Bonchev–Trinajstić information content (AvgIpc) is 3.20. The van der Waals surface area contributed by atoms with Crippen molar-refractivity contribution < 1.29 is 9.90 Å². The molecule has 1 aromatic carbocycles. The van der Waals surface area contributed by atoms with E-state index in [1.807, 2.05) is 45.0 Å². The van der Waals surface area contributed by atoms with Crippen LogP contribution in [0.4, 0.5) is 10.7 Å². The van der Waals surface area contributed by atoms with Crippen molar-refractivity contribution in [2.24, 2.45) is 5.92 Å². The summed E-state index contributed by atoms with van der Waals surface area (Å²) in [4.78, 5) is 32.8. The van der Waals surface area contributed by atoms with Crippen LogP contribution >= 0.6 is 0 Å². The van der Waals surface area contributed by atoms with Gasteiger partial charge in [-0.15, -0.1) is 0 Å². The fraction of sp³-hybridized carbons (Fsp3) is 0.261. The number of aromatic nitrogens is 5. The molecule has 0 aliphatic carbocycles. The first-order chi connectivity index (χ1) is 15.5. The van der Waals surface area contributed by atoms with Gasteiger partial charge in [0.1, 0.15) is 5.52 Å². The number of aliphatic hydroxyl groups excluding tert-OH is 1. The van der Waals surface area contributed by atoms with Gasteiger partial charge in [0.2, 0.25) is 5.95 Å². The highest BCUT2D eigenvalue weighted by Crippen LogP contribution is 2.32. The summed E-state index contributed by atoms with van der Waals surface area (Å²) in [6, 6.07) is 9.05. The van der Waals surface area contributed by atoms with Crippen LogP contribution in [0.5, 0.6) is 0 Å². The molecule has 2 amide bonds. The molecule has 0 aliphatic rings. The average molecular weight is 432 g/mol. The van der Waals surface area contributed by atoms with Crippen molar-refractivity contribution in [3.05, 3.63) is 54.6 Å². The van der Waals surface area contributed by atoms with Crippen molar-refractivity contribution in [1.82, 2.24) is 30.2 Å². The normalized spacial score (nSPS) is 12.2. The van der Waals surface area contributed by atoms with Crippen LogP contribution in [0.1, 0.15) is 32.6 Å². The molecule has 9 nitrogen and oxygen atoms in total. The van der Waals surface area contributed by atoms with E-state index in [0.717, 1.165) is 22.2 Å². The highest BCUT2D eigenvalue weighted by molar-refractivity contribution is 5.97. The number of nitrogens with one attached hydrogen (secondary N) is 3. The number of carbonyl (C=O) groups is 1. The van der Waals surface area contributed by atoms with Gasteiger partial charge in [-0.25, -0.2) is 19.7 Å². The second kappa shape index (κ2) is 9.11. The van der Waals surface area contributed by atoms with E-state index in [-0.39, 0.29) is 11.9 Å². The highest BCUT2D eigenvalue weighted by atomic mass is 16.3. The third kappa shape index (κ3) is 4.42. The summed E-state index contributed by atoms with van der Waals surface area (Å²) in [5, 5.41) is 15.7. The summed E-state index contributed by atoms with van der Waals surface area (Å²) < 4.78 is 0. The Morgan fingerprint density at radius 1 is 1.12 bits per heavy atom. The molecule has 1 atom stereocenters. The Kier molecular flexibility index (Phi) is 6.09. The van der Waals surface area contributed by atoms with Crippen molar-refractivity contribution in [2.45, 2.75) is 26.9 Å². The SMILES string of the molecule is CCNC(=O)Nc1nc2c(-c3ncccn3)cc(-c3ccc(C(O)C(C)C)nc3)cc2[nH]1. The molecular formula is C23H25N7O2. The Labute approximate surface area is 185 Å². The summed E-state index contributed by atoms with van der Waals surface area (Å²) in [5.41, 5.74) is 4.48. The number of nitrogens with zero attached hydrogens (tertiary/aromatic N) is 4. The first-order valence-electron chi connectivity index (χ1n) is 10.5. The van der Waals surface area contributed by atoms with Crippen molar-refractivity contribution >= 4 is 23.0 Å². The lowest BCUT2D eigenvalue weighted by Gasteiger charge is -2.14. The predicted molar refractivity (Wildman–Crippen MR) is 123 cm³/mol. The van der Waals surface area contributed by atoms with Crippen LogP contribution in [0.25, 0.3) is 33.5 Å². The number of amides is 2. The summed E-state index contributed by atoms with van der Waals surface area (Å²) in [6.07, 6.45) is 4.47. The number of aliphatic hydroxyl groups is 1. The molecule has 164 valence electrons. The van der Waals surface area contributed by atoms with E-state index in [0.29, 0.717) is 29.5 Å². The maximum absolute atomic E-state index is 11.9. The molecule has 0 aliphatic heterocycles. The van der Waals surface area contributed by atoms with Crippen LogP contribution in [0.15, 0.2) is 48.9 Å². The number of anilines is 1. The monoisotopic (exact) mass is 431 g/mol. The number of hydrogen-bond acceptors (Lipinski definition) is 6. The number of rotatable bonds is 6. The molecule has 0 saturated carbocycles. The Balaban J connectivity index is 1.79. The van der Waals surface area contributed by atoms with Crippen LogP contribution < -0.4 is 10.6 Å². The first-order valence-corrected chi connectivity index (χ1v) is 10.5. The van der Waals surface area contributed by atoms with Gasteiger partial charge in [0.25, 0.3) is 0 Å². The fourth-order valence-electron chi connectivity index (χ4n) is 3.36. The molecule has 1 unspecified atom stereocenters. The van der Waals surface area contributed by atoms with Gasteiger partial charge in [0.05, 0.1) is 17.3 Å². The predicted octanol–water partition coefficient (Wildman–Crippen LogP) is 3.91. The Hall–Kier alpha value is -3.85. The maximum atomic E-state index is 11.9. The zero-order valence-electron chi connectivity index (χ0n) is 18.1. The molecule has 0 saturated heterocycles. The highest BCUT2D eigenvalue weighted by Gasteiger charge is 2.17. The summed E-state index contributed by atoms with van der Waals surface area (Å²) in [6.45, 7) is 6.25. The van der Waals surface area contributed by atoms with Gasteiger partial charge < -0.3 is 15.4 Å². The topological polar surface area (TPSA) is 129 Å². The number of H-pyrrole nitrogens is 1. The van der Waals surface area contributed by atoms with Gasteiger partial charge in [-0.1, -0.05) is 19.9 Å². The third-order valence-corrected chi connectivity index (χ3v) is 5.02. The van der Waals surface area contributed by atoms with Gasteiger partial charge in [0.15, 0.2) is 5.82 Å². The number of hydrogen-bond donors (Lipinski definition) is 4. The summed E-state index contributed by atoms with van der Waals surface area (Å²) >= 11 is 0. The number of fused-ring (bicyclic) bond motifs is 1. The van der Waals surface area contributed by atoms with Gasteiger partial charge in [-0.3, -0.25) is 10.3 Å². The molecule has 4 aromatic rings. The minimum Gasteiger partial charge on any atom is -0.387 e. The maximum Gasteiger partial charge on any atom is 0.321 e. The molecule has 4 rings (SSSR count). The van der Waals surface area contributed by atoms with Crippen molar-refractivity contribution in [3.63, 3.8) is 0 Å². The minimum atomic E-state index is -0.615. The zero-order chi connectivity index (χ0) is 22.7. The van der Waals surface area contributed by atoms with E-state index in [9.17, 15) is 9.90 Å². The van der Waals surface area contributed by atoms with Crippen LogP contribution in [0.3, 0.4) is 0 Å². The van der Waals surface area contributed by atoms with E-state index < -0.39 is 6.10 Å². The molecule has 0 radical (unpaired) electrons. The molecule has 3 heterocycles. The number of urea groups is 1. The van der Waals surface area contributed by atoms with E-state index in [1.165, 1.54) is 0 Å². The Morgan fingerprint density at radius 3 is 2.56 bits per heavy atom. The van der Waals surface area contributed by atoms with Crippen molar-refractivity contribution in [2.75, 3.05) is 11.9 Å². The van der Waals surface area contributed by atoms with Crippen LogP contribution in [-0.4, -0.2) is 42.6 Å². The quantitative estimate of drug-likeness (QED) is 0.366. The number of aromatic amines is 1.